The maximum Gasteiger partial charge on any atom is 0.307 e. The van der Waals surface area contributed by atoms with Crippen LogP contribution in [0.3, 0.4) is 0 Å². The number of aromatic nitrogens is 1. The van der Waals surface area contributed by atoms with Gasteiger partial charge in [0.2, 0.25) is 11.8 Å². The Morgan fingerprint density at radius 3 is 2.48 bits per heavy atom. The van der Waals surface area contributed by atoms with Crippen LogP contribution in [0.15, 0.2) is 63.5 Å². The van der Waals surface area contributed by atoms with Crippen LogP contribution in [0.1, 0.15) is 29.5 Å². The van der Waals surface area contributed by atoms with Gasteiger partial charge in [-0.2, -0.15) is 0 Å². The van der Waals surface area contributed by atoms with Gasteiger partial charge in [0.15, 0.2) is 0 Å². The highest BCUT2D eigenvalue weighted by Gasteiger charge is 2.21. The minimum atomic E-state index is -0.496. The number of oxazole rings is 1. The van der Waals surface area contributed by atoms with Crippen molar-refractivity contribution in [3.63, 3.8) is 0 Å². The molecule has 1 aromatic heterocycles. The van der Waals surface area contributed by atoms with Crippen molar-refractivity contribution in [2.45, 2.75) is 25.8 Å². The van der Waals surface area contributed by atoms with E-state index in [4.69, 9.17) is 9.15 Å². The Balaban J connectivity index is 1.74. The summed E-state index contributed by atoms with van der Waals surface area (Å²) in [6.07, 6.45) is 0.0906. The third-order valence-electron chi connectivity index (χ3n) is 4.45. The lowest BCUT2D eigenvalue weighted by Crippen LogP contribution is -2.31. The molecule has 0 saturated heterocycles. The number of carbonyl (C=O) groups is 2. The fraction of sp³-hybridized carbons (Fsp3) is 0.227. The minimum absolute atomic E-state index is 0.0386. The van der Waals surface area contributed by atoms with E-state index in [1.165, 1.54) is 7.11 Å². The van der Waals surface area contributed by atoms with Crippen molar-refractivity contribution in [3.05, 3.63) is 76.1 Å². The number of carbonyl (C=O) groups excluding carboxylic acids is 2. The normalized spacial score (nSPS) is 11.7. The molecule has 3 rings (SSSR count). The van der Waals surface area contributed by atoms with E-state index in [-0.39, 0.29) is 18.7 Å². The number of esters is 1. The highest BCUT2D eigenvalue weighted by atomic mass is 79.9. The van der Waals surface area contributed by atoms with E-state index in [0.29, 0.717) is 17.3 Å². The highest BCUT2D eigenvalue weighted by Crippen LogP contribution is 2.23. The number of hydrogen-bond acceptors (Lipinski definition) is 5. The summed E-state index contributed by atoms with van der Waals surface area (Å²) in [5.74, 6) is 0.414. The molecular weight excluding hydrogens is 436 g/mol. The molecule has 1 unspecified atom stereocenters. The molecule has 7 heteroatoms. The largest absolute Gasteiger partial charge is 0.469 e. The number of rotatable bonds is 7. The summed E-state index contributed by atoms with van der Waals surface area (Å²) in [5, 5.41) is 2.91. The second-order valence-electron chi connectivity index (χ2n) is 6.52. The van der Waals surface area contributed by atoms with E-state index in [1.807, 2.05) is 54.6 Å². The van der Waals surface area contributed by atoms with Crippen LogP contribution in [-0.4, -0.2) is 24.0 Å². The lowest BCUT2D eigenvalue weighted by molar-refractivity contribution is -0.141. The van der Waals surface area contributed by atoms with Gasteiger partial charge >= 0.3 is 5.97 Å². The fourth-order valence-corrected chi connectivity index (χ4v) is 3.16. The first-order valence-corrected chi connectivity index (χ1v) is 9.89. The molecule has 3 aromatic rings. The van der Waals surface area contributed by atoms with Gasteiger partial charge in [0.25, 0.3) is 0 Å². The van der Waals surface area contributed by atoms with Gasteiger partial charge in [0, 0.05) is 10.0 Å². The molecule has 0 bridgehead atoms. The average molecular weight is 457 g/mol. The summed E-state index contributed by atoms with van der Waals surface area (Å²) >= 11 is 3.39. The zero-order valence-corrected chi connectivity index (χ0v) is 17.7. The third kappa shape index (κ3) is 5.54. The zero-order chi connectivity index (χ0) is 20.8. The Kier molecular flexibility index (Phi) is 6.82. The molecule has 0 aliphatic carbocycles. The number of ether oxygens (including phenoxy) is 1. The van der Waals surface area contributed by atoms with Crippen LogP contribution in [0.25, 0.3) is 11.5 Å². The number of nitrogens with one attached hydrogen (secondary N) is 1. The smallest absolute Gasteiger partial charge is 0.307 e. The van der Waals surface area contributed by atoms with Gasteiger partial charge in [-0.25, -0.2) is 4.98 Å². The van der Waals surface area contributed by atoms with Crippen molar-refractivity contribution in [1.82, 2.24) is 10.3 Å². The van der Waals surface area contributed by atoms with Crippen molar-refractivity contribution < 1.29 is 18.7 Å². The zero-order valence-electron chi connectivity index (χ0n) is 16.1. The SMILES string of the molecule is COC(=O)CC(NC(=O)Cc1nc(-c2ccccc2)oc1C)c1ccc(Br)cc1. The molecule has 29 heavy (non-hydrogen) atoms. The molecule has 0 fully saturated rings. The van der Waals surface area contributed by atoms with E-state index in [1.54, 1.807) is 6.92 Å². The van der Waals surface area contributed by atoms with Crippen LogP contribution in [-0.2, 0) is 20.7 Å². The van der Waals surface area contributed by atoms with Gasteiger partial charge in [-0.15, -0.1) is 0 Å². The second-order valence-corrected chi connectivity index (χ2v) is 7.43. The molecule has 1 amide bonds. The quantitative estimate of drug-likeness (QED) is 0.533. The second kappa shape index (κ2) is 9.52. The average Bonchev–Trinajstić information content (AvgIpc) is 3.09. The molecule has 0 radical (unpaired) electrons. The number of amides is 1. The molecule has 1 heterocycles. The number of aryl methyl sites for hydroxylation is 1. The van der Waals surface area contributed by atoms with E-state index >= 15 is 0 Å². The van der Waals surface area contributed by atoms with Gasteiger partial charge in [-0.05, 0) is 36.8 Å². The van der Waals surface area contributed by atoms with Crippen molar-refractivity contribution >= 4 is 27.8 Å². The molecule has 2 aromatic carbocycles. The van der Waals surface area contributed by atoms with Gasteiger partial charge < -0.3 is 14.5 Å². The lowest BCUT2D eigenvalue weighted by atomic mass is 10.0. The lowest BCUT2D eigenvalue weighted by Gasteiger charge is -2.18. The maximum atomic E-state index is 12.7. The van der Waals surface area contributed by atoms with Gasteiger partial charge in [0.05, 0.1) is 31.7 Å². The summed E-state index contributed by atoms with van der Waals surface area (Å²) < 4.78 is 11.4. The number of nitrogens with zero attached hydrogens (tertiary/aromatic N) is 1. The third-order valence-corrected chi connectivity index (χ3v) is 4.98. The van der Waals surface area contributed by atoms with Crippen LogP contribution < -0.4 is 5.32 Å². The predicted octanol–water partition coefficient (Wildman–Crippen LogP) is 4.38. The number of halogens is 1. The molecule has 0 spiro atoms. The molecule has 0 saturated carbocycles. The van der Waals surface area contributed by atoms with E-state index in [9.17, 15) is 9.59 Å². The van der Waals surface area contributed by atoms with Crippen molar-refractivity contribution in [3.8, 4) is 11.5 Å². The van der Waals surface area contributed by atoms with E-state index in [2.05, 4.69) is 26.2 Å². The molecule has 150 valence electrons. The summed E-state index contributed by atoms with van der Waals surface area (Å²) in [5.41, 5.74) is 2.23. The first kappa shape index (κ1) is 20.8. The first-order chi connectivity index (χ1) is 14.0. The molecule has 0 aliphatic rings. The Labute approximate surface area is 177 Å². The first-order valence-electron chi connectivity index (χ1n) is 9.09. The summed E-state index contributed by atoms with van der Waals surface area (Å²) in [6, 6.07) is 16.4. The molecular formula is C22H21BrN2O4. The summed E-state index contributed by atoms with van der Waals surface area (Å²) in [7, 11) is 1.33. The number of methoxy groups -OCH3 is 1. The number of hydrogen-bond donors (Lipinski definition) is 1. The molecule has 0 aliphatic heterocycles. The minimum Gasteiger partial charge on any atom is -0.469 e. The van der Waals surface area contributed by atoms with E-state index in [0.717, 1.165) is 15.6 Å². The fourth-order valence-electron chi connectivity index (χ4n) is 2.89. The standard InChI is InChI=1S/C22H21BrN2O4/c1-14-18(25-22(29-14)16-6-4-3-5-7-16)12-20(26)24-19(13-21(27)28-2)15-8-10-17(23)11-9-15/h3-11,19H,12-13H2,1-2H3,(H,24,26). The Morgan fingerprint density at radius 2 is 1.83 bits per heavy atom. The summed E-state index contributed by atoms with van der Waals surface area (Å²) in [6.45, 7) is 1.78. The monoisotopic (exact) mass is 456 g/mol. The van der Waals surface area contributed by atoms with Crippen LogP contribution in [0, 0.1) is 6.92 Å². The Bertz CT molecular complexity index is 984. The summed E-state index contributed by atoms with van der Waals surface area (Å²) in [4.78, 5) is 28.9. The Hall–Kier alpha value is -2.93. The van der Waals surface area contributed by atoms with Crippen LogP contribution in [0.2, 0.25) is 0 Å². The van der Waals surface area contributed by atoms with Gasteiger partial charge in [-0.3, -0.25) is 9.59 Å². The Morgan fingerprint density at radius 1 is 1.14 bits per heavy atom. The van der Waals surface area contributed by atoms with Crippen molar-refractivity contribution in [2.75, 3.05) is 7.11 Å². The van der Waals surface area contributed by atoms with E-state index < -0.39 is 12.0 Å². The van der Waals surface area contributed by atoms with Crippen LogP contribution >= 0.6 is 15.9 Å². The molecule has 6 nitrogen and oxygen atoms in total. The highest BCUT2D eigenvalue weighted by molar-refractivity contribution is 9.10. The maximum absolute atomic E-state index is 12.7. The van der Waals surface area contributed by atoms with Crippen molar-refractivity contribution in [2.24, 2.45) is 0 Å². The van der Waals surface area contributed by atoms with Gasteiger partial charge in [0.1, 0.15) is 5.76 Å². The molecule has 1 N–H and O–H groups in total. The topological polar surface area (TPSA) is 81.4 Å². The van der Waals surface area contributed by atoms with Crippen molar-refractivity contribution in [1.29, 1.82) is 0 Å². The van der Waals surface area contributed by atoms with Gasteiger partial charge in [-0.1, -0.05) is 46.3 Å². The molecule has 1 atom stereocenters. The predicted molar refractivity (Wildman–Crippen MR) is 112 cm³/mol. The van der Waals surface area contributed by atoms with Crippen LogP contribution in [0.5, 0.6) is 0 Å². The number of benzene rings is 2. The van der Waals surface area contributed by atoms with Crippen LogP contribution in [0.4, 0.5) is 0 Å².